The van der Waals surface area contributed by atoms with Crippen molar-refractivity contribution >= 4 is 40.1 Å². The molecule has 0 unspecified atom stereocenters. The number of hydrogen-bond donors (Lipinski definition) is 1. The van der Waals surface area contributed by atoms with Gasteiger partial charge >= 0.3 is 0 Å². The third-order valence-electron chi connectivity index (χ3n) is 2.15. The van der Waals surface area contributed by atoms with Gasteiger partial charge in [-0.15, -0.1) is 0 Å². The molecule has 2 rings (SSSR count). The van der Waals surface area contributed by atoms with Crippen LogP contribution in [0.1, 0.15) is 5.56 Å². The quantitative estimate of drug-likeness (QED) is 0.812. The number of halogens is 2. The van der Waals surface area contributed by atoms with E-state index >= 15 is 0 Å². The van der Waals surface area contributed by atoms with Gasteiger partial charge in [0.2, 0.25) is 5.88 Å². The molecule has 0 bridgehead atoms. The molecular weight excluding hydrogens is 326 g/mol. The minimum Gasteiger partial charge on any atom is -0.367 e. The molecule has 0 saturated heterocycles. The average Bonchev–Trinajstić information content (AvgIpc) is 2.53. The normalized spacial score (nSPS) is 10.6. The van der Waals surface area contributed by atoms with Gasteiger partial charge in [0.15, 0.2) is 0 Å². The fourth-order valence-electron chi connectivity index (χ4n) is 1.26. The number of nitrogens with two attached hydrogens (primary N) is 1. The molecular formula is C10H8ClIN2O. The van der Waals surface area contributed by atoms with Crippen molar-refractivity contribution in [3.63, 3.8) is 0 Å². The zero-order valence-electron chi connectivity index (χ0n) is 7.92. The van der Waals surface area contributed by atoms with Crippen LogP contribution in [0.15, 0.2) is 22.7 Å². The van der Waals surface area contributed by atoms with Gasteiger partial charge in [-0.1, -0.05) is 22.8 Å². The van der Waals surface area contributed by atoms with E-state index in [0.29, 0.717) is 10.9 Å². The standard InChI is InChI=1S/C10H8ClIN2O/c1-5-9(14-15-10(5)13)6-2-3-8(12)7(11)4-6/h2-4H,13H2,1H3. The number of aromatic nitrogens is 1. The monoisotopic (exact) mass is 334 g/mol. The molecule has 0 amide bonds. The van der Waals surface area contributed by atoms with E-state index in [1.54, 1.807) is 0 Å². The number of rotatable bonds is 1. The summed E-state index contributed by atoms with van der Waals surface area (Å²) in [6.45, 7) is 1.87. The highest BCUT2D eigenvalue weighted by Crippen LogP contribution is 2.29. The Balaban J connectivity index is 2.55. The third kappa shape index (κ3) is 1.96. The molecule has 0 atom stereocenters. The Labute approximate surface area is 106 Å². The zero-order chi connectivity index (χ0) is 11.0. The van der Waals surface area contributed by atoms with Gasteiger partial charge in [0, 0.05) is 14.7 Å². The predicted molar refractivity (Wildman–Crippen MR) is 68.8 cm³/mol. The lowest BCUT2D eigenvalue weighted by Crippen LogP contribution is -1.85. The number of hydrogen-bond acceptors (Lipinski definition) is 3. The highest BCUT2D eigenvalue weighted by atomic mass is 127. The topological polar surface area (TPSA) is 52.0 Å². The van der Waals surface area contributed by atoms with E-state index in [9.17, 15) is 0 Å². The highest BCUT2D eigenvalue weighted by Gasteiger charge is 2.11. The molecule has 0 fully saturated rings. The summed E-state index contributed by atoms with van der Waals surface area (Å²) < 4.78 is 5.91. The van der Waals surface area contributed by atoms with Crippen molar-refractivity contribution in [2.75, 3.05) is 5.73 Å². The van der Waals surface area contributed by atoms with Gasteiger partial charge in [0.25, 0.3) is 0 Å². The average molecular weight is 335 g/mol. The van der Waals surface area contributed by atoms with Crippen LogP contribution in [0.4, 0.5) is 5.88 Å². The smallest absolute Gasteiger partial charge is 0.225 e. The molecule has 1 aromatic heterocycles. The van der Waals surface area contributed by atoms with Crippen molar-refractivity contribution < 1.29 is 4.52 Å². The molecule has 0 radical (unpaired) electrons. The molecule has 1 heterocycles. The molecule has 3 nitrogen and oxygen atoms in total. The summed E-state index contributed by atoms with van der Waals surface area (Å²) in [5.74, 6) is 0.347. The van der Waals surface area contributed by atoms with Crippen molar-refractivity contribution in [3.8, 4) is 11.3 Å². The molecule has 15 heavy (non-hydrogen) atoms. The third-order valence-corrected chi connectivity index (χ3v) is 3.73. The summed E-state index contributed by atoms with van der Waals surface area (Å²) in [4.78, 5) is 0. The number of anilines is 1. The Bertz CT molecular complexity index is 510. The first kappa shape index (κ1) is 10.8. The van der Waals surface area contributed by atoms with E-state index in [1.807, 2.05) is 25.1 Å². The van der Waals surface area contributed by atoms with Gasteiger partial charge in [-0.3, -0.25) is 0 Å². The first-order valence-electron chi connectivity index (χ1n) is 4.26. The predicted octanol–water partition coefficient (Wildman–Crippen LogP) is 3.49. The fourth-order valence-corrected chi connectivity index (χ4v) is 1.78. The van der Waals surface area contributed by atoms with Crippen LogP contribution in [0.5, 0.6) is 0 Å². The molecule has 2 N–H and O–H groups in total. The first-order valence-corrected chi connectivity index (χ1v) is 5.72. The Morgan fingerprint density at radius 3 is 2.73 bits per heavy atom. The minimum atomic E-state index is 0.347. The van der Waals surface area contributed by atoms with Gasteiger partial charge < -0.3 is 10.3 Å². The zero-order valence-corrected chi connectivity index (χ0v) is 10.8. The van der Waals surface area contributed by atoms with Crippen molar-refractivity contribution in [2.24, 2.45) is 0 Å². The molecule has 0 saturated carbocycles. The molecule has 0 aliphatic carbocycles. The second kappa shape index (κ2) is 4.02. The number of nitrogens with zero attached hydrogens (tertiary/aromatic N) is 1. The highest BCUT2D eigenvalue weighted by molar-refractivity contribution is 14.1. The fraction of sp³-hybridized carbons (Fsp3) is 0.100. The van der Waals surface area contributed by atoms with Crippen molar-refractivity contribution in [1.82, 2.24) is 5.16 Å². The Hall–Kier alpha value is -0.750. The molecule has 0 aliphatic heterocycles. The molecule has 78 valence electrons. The van der Waals surface area contributed by atoms with Gasteiger partial charge in [0.1, 0.15) is 5.69 Å². The van der Waals surface area contributed by atoms with Gasteiger partial charge in [0.05, 0.1) is 5.02 Å². The van der Waals surface area contributed by atoms with Gasteiger partial charge in [-0.25, -0.2) is 0 Å². The van der Waals surface area contributed by atoms with Crippen LogP contribution < -0.4 is 5.73 Å². The van der Waals surface area contributed by atoms with Crippen LogP contribution in [0, 0.1) is 10.5 Å². The van der Waals surface area contributed by atoms with Crippen LogP contribution >= 0.6 is 34.2 Å². The maximum atomic E-state index is 6.03. The lowest BCUT2D eigenvalue weighted by Gasteiger charge is -2.00. The second-order valence-electron chi connectivity index (χ2n) is 3.15. The summed E-state index contributed by atoms with van der Waals surface area (Å²) in [6.07, 6.45) is 0. The Morgan fingerprint density at radius 1 is 1.47 bits per heavy atom. The van der Waals surface area contributed by atoms with E-state index in [4.69, 9.17) is 21.9 Å². The summed E-state index contributed by atoms with van der Waals surface area (Å²) in [7, 11) is 0. The molecule has 0 spiro atoms. The molecule has 1 aromatic carbocycles. The summed E-state index contributed by atoms with van der Waals surface area (Å²) in [5, 5.41) is 4.60. The largest absolute Gasteiger partial charge is 0.367 e. The maximum Gasteiger partial charge on any atom is 0.225 e. The summed E-state index contributed by atoms with van der Waals surface area (Å²) in [6, 6.07) is 5.73. The van der Waals surface area contributed by atoms with Crippen LogP contribution in [0.25, 0.3) is 11.3 Å². The van der Waals surface area contributed by atoms with E-state index in [-0.39, 0.29) is 0 Å². The van der Waals surface area contributed by atoms with E-state index in [1.165, 1.54) is 0 Å². The Morgan fingerprint density at radius 2 is 2.20 bits per heavy atom. The molecule has 0 aliphatic rings. The van der Waals surface area contributed by atoms with Crippen molar-refractivity contribution in [1.29, 1.82) is 0 Å². The van der Waals surface area contributed by atoms with E-state index in [0.717, 1.165) is 20.4 Å². The van der Waals surface area contributed by atoms with E-state index in [2.05, 4.69) is 27.7 Å². The number of nitrogen functional groups attached to an aromatic ring is 1. The van der Waals surface area contributed by atoms with Crippen molar-refractivity contribution in [2.45, 2.75) is 6.92 Å². The lowest BCUT2D eigenvalue weighted by molar-refractivity contribution is 0.439. The van der Waals surface area contributed by atoms with Crippen LogP contribution in [0.3, 0.4) is 0 Å². The van der Waals surface area contributed by atoms with Crippen molar-refractivity contribution in [3.05, 3.63) is 32.4 Å². The lowest BCUT2D eigenvalue weighted by atomic mass is 10.1. The summed E-state index contributed by atoms with van der Waals surface area (Å²) >= 11 is 8.20. The first-order chi connectivity index (χ1) is 7.09. The van der Waals surface area contributed by atoms with E-state index < -0.39 is 0 Å². The van der Waals surface area contributed by atoms with Gasteiger partial charge in [-0.05, 0) is 41.6 Å². The van der Waals surface area contributed by atoms with Gasteiger partial charge in [-0.2, -0.15) is 0 Å². The Kier molecular flexibility index (Phi) is 2.88. The number of benzene rings is 1. The van der Waals surface area contributed by atoms with Crippen LogP contribution in [-0.2, 0) is 0 Å². The molecule has 5 heteroatoms. The van der Waals surface area contributed by atoms with Crippen LogP contribution in [-0.4, -0.2) is 5.16 Å². The van der Waals surface area contributed by atoms with Crippen LogP contribution in [0.2, 0.25) is 5.02 Å². The maximum absolute atomic E-state index is 6.03. The molecule has 2 aromatic rings. The second-order valence-corrected chi connectivity index (χ2v) is 4.72. The minimum absolute atomic E-state index is 0.347. The summed E-state index contributed by atoms with van der Waals surface area (Å²) in [5.41, 5.74) is 8.08. The SMILES string of the molecule is Cc1c(-c2ccc(I)c(Cl)c2)noc1N.